The van der Waals surface area contributed by atoms with Gasteiger partial charge in [-0.25, -0.2) is 0 Å². The van der Waals surface area contributed by atoms with Crippen molar-refractivity contribution in [1.82, 2.24) is 0 Å². The molecule has 3 rings (SSSR count). The molecule has 1 aromatic heterocycles. The van der Waals surface area contributed by atoms with Crippen LogP contribution < -0.4 is 4.90 Å². The zero-order valence-electron chi connectivity index (χ0n) is 9.39. The highest BCUT2D eigenvalue weighted by Crippen LogP contribution is 2.39. The van der Waals surface area contributed by atoms with Crippen molar-refractivity contribution in [2.24, 2.45) is 5.92 Å². The number of aldehydes is 1. The number of carbonyl (C=O) groups is 1. The van der Waals surface area contributed by atoms with Gasteiger partial charge >= 0.3 is 0 Å². The minimum absolute atomic E-state index is 0.753. The first-order valence-corrected chi connectivity index (χ1v) is 7.07. The van der Waals surface area contributed by atoms with Crippen LogP contribution in [0.3, 0.4) is 0 Å². The van der Waals surface area contributed by atoms with Gasteiger partial charge in [0, 0.05) is 23.7 Å². The summed E-state index contributed by atoms with van der Waals surface area (Å²) >= 11 is 1.57. The molecule has 1 aliphatic heterocycles. The van der Waals surface area contributed by atoms with Crippen molar-refractivity contribution in [2.45, 2.75) is 38.1 Å². The van der Waals surface area contributed by atoms with E-state index in [1.807, 2.05) is 0 Å². The van der Waals surface area contributed by atoms with E-state index in [1.54, 1.807) is 11.3 Å². The zero-order chi connectivity index (χ0) is 11.0. The minimum Gasteiger partial charge on any atom is -0.368 e. The number of thiophene rings is 1. The summed E-state index contributed by atoms with van der Waals surface area (Å²) < 4.78 is 0. The molecule has 0 N–H and O–H groups in total. The van der Waals surface area contributed by atoms with Crippen LogP contribution in [0.4, 0.5) is 5.69 Å². The third-order valence-electron chi connectivity index (χ3n) is 4.06. The van der Waals surface area contributed by atoms with E-state index < -0.39 is 0 Å². The second-order valence-electron chi connectivity index (χ2n) is 4.92. The Morgan fingerprint density at radius 1 is 1.31 bits per heavy atom. The molecule has 1 aromatic rings. The SMILES string of the molecule is O=Cc1cc(N2CCC3CCCCC32)cs1. The number of hydrogen-bond donors (Lipinski definition) is 0. The molecule has 2 nitrogen and oxygen atoms in total. The van der Waals surface area contributed by atoms with Crippen LogP contribution in [0.25, 0.3) is 0 Å². The Kier molecular flexibility index (Phi) is 2.72. The van der Waals surface area contributed by atoms with E-state index in [1.165, 1.54) is 44.3 Å². The lowest BCUT2D eigenvalue weighted by molar-refractivity contribution is 0.112. The fourth-order valence-electron chi connectivity index (χ4n) is 3.28. The third kappa shape index (κ3) is 1.67. The lowest BCUT2D eigenvalue weighted by atomic mass is 9.85. The van der Waals surface area contributed by atoms with Gasteiger partial charge in [0.1, 0.15) is 0 Å². The maximum atomic E-state index is 10.7. The molecule has 1 aliphatic carbocycles. The molecule has 0 spiro atoms. The Morgan fingerprint density at radius 3 is 3.00 bits per heavy atom. The van der Waals surface area contributed by atoms with Crippen LogP contribution in [-0.4, -0.2) is 18.9 Å². The van der Waals surface area contributed by atoms with E-state index in [9.17, 15) is 4.79 Å². The van der Waals surface area contributed by atoms with Gasteiger partial charge in [0.15, 0.2) is 6.29 Å². The normalized spacial score (nSPS) is 29.1. The fourth-order valence-corrected chi connectivity index (χ4v) is 3.99. The van der Waals surface area contributed by atoms with Crippen molar-refractivity contribution < 1.29 is 4.79 Å². The summed E-state index contributed by atoms with van der Waals surface area (Å²) in [5, 5.41) is 2.14. The van der Waals surface area contributed by atoms with Gasteiger partial charge in [0.25, 0.3) is 0 Å². The molecule has 1 saturated carbocycles. The largest absolute Gasteiger partial charge is 0.368 e. The summed E-state index contributed by atoms with van der Waals surface area (Å²) in [5.74, 6) is 0.910. The Labute approximate surface area is 100 Å². The number of anilines is 1. The van der Waals surface area contributed by atoms with E-state index in [0.29, 0.717) is 0 Å². The highest BCUT2D eigenvalue weighted by Gasteiger charge is 2.35. The molecule has 2 atom stereocenters. The number of rotatable bonds is 2. The van der Waals surface area contributed by atoms with Crippen LogP contribution in [0.15, 0.2) is 11.4 Å². The Bertz CT molecular complexity index is 387. The van der Waals surface area contributed by atoms with Crippen LogP contribution in [0.2, 0.25) is 0 Å². The summed E-state index contributed by atoms with van der Waals surface area (Å²) in [6.07, 6.45) is 7.85. The maximum Gasteiger partial charge on any atom is 0.160 e. The summed E-state index contributed by atoms with van der Waals surface area (Å²) in [5.41, 5.74) is 1.28. The van der Waals surface area contributed by atoms with E-state index in [4.69, 9.17) is 0 Å². The molecule has 3 heteroatoms. The van der Waals surface area contributed by atoms with E-state index >= 15 is 0 Å². The number of hydrogen-bond acceptors (Lipinski definition) is 3. The standard InChI is InChI=1S/C13H17NOS/c15-8-12-7-11(9-16-12)14-6-5-10-3-1-2-4-13(10)14/h7-10,13H,1-6H2. The molecule has 1 saturated heterocycles. The molecule has 0 aromatic carbocycles. The zero-order valence-corrected chi connectivity index (χ0v) is 10.2. The Morgan fingerprint density at radius 2 is 2.19 bits per heavy atom. The van der Waals surface area contributed by atoms with Crippen LogP contribution in [0.1, 0.15) is 41.8 Å². The van der Waals surface area contributed by atoms with Gasteiger partial charge in [0.2, 0.25) is 0 Å². The number of nitrogens with zero attached hydrogens (tertiary/aromatic N) is 1. The van der Waals surface area contributed by atoms with Crippen molar-refractivity contribution in [3.8, 4) is 0 Å². The monoisotopic (exact) mass is 235 g/mol. The van der Waals surface area contributed by atoms with Crippen molar-refractivity contribution in [1.29, 1.82) is 0 Å². The first-order valence-electron chi connectivity index (χ1n) is 6.19. The lowest BCUT2D eigenvalue weighted by Crippen LogP contribution is -2.34. The number of carbonyl (C=O) groups excluding carboxylic acids is 1. The molecule has 2 fully saturated rings. The topological polar surface area (TPSA) is 20.3 Å². The second-order valence-corrected chi connectivity index (χ2v) is 5.86. The molecule has 2 unspecified atom stereocenters. The van der Waals surface area contributed by atoms with E-state index in [2.05, 4.69) is 16.3 Å². The summed E-state index contributed by atoms with van der Waals surface area (Å²) in [6.45, 7) is 1.18. The van der Waals surface area contributed by atoms with Gasteiger partial charge in [-0.1, -0.05) is 12.8 Å². The van der Waals surface area contributed by atoms with Gasteiger partial charge in [-0.05, 0) is 31.2 Å². The number of fused-ring (bicyclic) bond motifs is 1. The van der Waals surface area contributed by atoms with Crippen molar-refractivity contribution in [2.75, 3.05) is 11.4 Å². The average molecular weight is 235 g/mol. The van der Waals surface area contributed by atoms with Gasteiger partial charge in [-0.15, -0.1) is 11.3 Å². The summed E-state index contributed by atoms with van der Waals surface area (Å²) in [6, 6.07) is 2.80. The van der Waals surface area contributed by atoms with Crippen LogP contribution in [0.5, 0.6) is 0 Å². The fraction of sp³-hybridized carbons (Fsp3) is 0.615. The first kappa shape index (κ1) is 10.3. The molecule has 2 heterocycles. The van der Waals surface area contributed by atoms with Crippen LogP contribution in [-0.2, 0) is 0 Å². The molecular weight excluding hydrogens is 218 g/mol. The van der Waals surface area contributed by atoms with E-state index in [-0.39, 0.29) is 0 Å². The molecule has 16 heavy (non-hydrogen) atoms. The van der Waals surface area contributed by atoms with Gasteiger partial charge < -0.3 is 4.90 Å². The predicted octanol–water partition coefficient (Wildman–Crippen LogP) is 3.33. The van der Waals surface area contributed by atoms with Crippen LogP contribution >= 0.6 is 11.3 Å². The van der Waals surface area contributed by atoms with Crippen molar-refractivity contribution in [3.05, 3.63) is 16.3 Å². The Hall–Kier alpha value is -0.830. The summed E-state index contributed by atoms with van der Waals surface area (Å²) in [4.78, 5) is 14.1. The smallest absolute Gasteiger partial charge is 0.160 e. The van der Waals surface area contributed by atoms with Gasteiger partial charge in [0.05, 0.1) is 4.88 Å². The highest BCUT2D eigenvalue weighted by molar-refractivity contribution is 7.12. The third-order valence-corrected chi connectivity index (χ3v) is 4.91. The quantitative estimate of drug-likeness (QED) is 0.733. The average Bonchev–Trinajstić information content (AvgIpc) is 2.94. The maximum absolute atomic E-state index is 10.7. The first-order chi connectivity index (χ1) is 7.88. The minimum atomic E-state index is 0.753. The predicted molar refractivity (Wildman–Crippen MR) is 67.4 cm³/mol. The highest BCUT2D eigenvalue weighted by atomic mass is 32.1. The molecule has 2 aliphatic rings. The molecule has 86 valence electrons. The van der Waals surface area contributed by atoms with E-state index in [0.717, 1.165) is 23.1 Å². The molecule has 0 bridgehead atoms. The van der Waals surface area contributed by atoms with Gasteiger partial charge in [-0.3, -0.25) is 4.79 Å². The molecular formula is C13H17NOS. The second kappa shape index (κ2) is 4.21. The van der Waals surface area contributed by atoms with Crippen molar-refractivity contribution in [3.63, 3.8) is 0 Å². The van der Waals surface area contributed by atoms with Crippen LogP contribution in [0, 0.1) is 5.92 Å². The Balaban J connectivity index is 1.81. The van der Waals surface area contributed by atoms with Crippen molar-refractivity contribution >= 4 is 23.3 Å². The summed E-state index contributed by atoms with van der Waals surface area (Å²) in [7, 11) is 0. The molecule has 0 radical (unpaired) electrons. The lowest BCUT2D eigenvalue weighted by Gasteiger charge is -2.32. The van der Waals surface area contributed by atoms with Gasteiger partial charge in [-0.2, -0.15) is 0 Å². The molecule has 0 amide bonds.